The van der Waals surface area contributed by atoms with Crippen LogP contribution in [0.5, 0.6) is 0 Å². The molecule has 1 rings (SSSR count). The standard InChI is InChI=1S/C9H14N2O3/c1-2-7-4-8(11-14-7)6(5-10)3-9(12)13/h4,6H,2-3,5,10H2,1H3,(H,12,13). The van der Waals surface area contributed by atoms with E-state index in [-0.39, 0.29) is 18.9 Å². The maximum absolute atomic E-state index is 10.5. The van der Waals surface area contributed by atoms with Crippen molar-refractivity contribution >= 4 is 5.97 Å². The van der Waals surface area contributed by atoms with Gasteiger partial charge in [0.05, 0.1) is 12.1 Å². The van der Waals surface area contributed by atoms with E-state index in [0.717, 1.165) is 12.2 Å². The SMILES string of the molecule is CCc1cc(C(CN)CC(=O)O)no1. The summed E-state index contributed by atoms with van der Waals surface area (Å²) in [5, 5.41) is 12.4. The number of aromatic nitrogens is 1. The molecule has 0 aromatic carbocycles. The summed E-state index contributed by atoms with van der Waals surface area (Å²) in [6, 6.07) is 1.76. The Morgan fingerprint density at radius 1 is 1.79 bits per heavy atom. The molecule has 0 radical (unpaired) electrons. The van der Waals surface area contributed by atoms with E-state index in [1.807, 2.05) is 6.92 Å². The van der Waals surface area contributed by atoms with Crippen LogP contribution in [-0.4, -0.2) is 22.8 Å². The lowest BCUT2D eigenvalue weighted by atomic mass is 10.0. The Hall–Kier alpha value is -1.36. The van der Waals surface area contributed by atoms with Gasteiger partial charge in [0.15, 0.2) is 0 Å². The smallest absolute Gasteiger partial charge is 0.304 e. The second kappa shape index (κ2) is 4.76. The number of hydrogen-bond donors (Lipinski definition) is 2. The Balaban J connectivity index is 2.73. The third kappa shape index (κ3) is 2.56. The molecule has 0 saturated carbocycles. The zero-order valence-corrected chi connectivity index (χ0v) is 8.06. The third-order valence-electron chi connectivity index (χ3n) is 2.05. The topological polar surface area (TPSA) is 89.4 Å². The van der Waals surface area contributed by atoms with Crippen LogP contribution in [0.3, 0.4) is 0 Å². The van der Waals surface area contributed by atoms with Crippen LogP contribution in [0, 0.1) is 0 Å². The average Bonchev–Trinajstić information content (AvgIpc) is 2.62. The second-order valence-corrected chi connectivity index (χ2v) is 3.10. The van der Waals surface area contributed by atoms with Crippen LogP contribution in [-0.2, 0) is 11.2 Å². The van der Waals surface area contributed by atoms with Crippen LogP contribution in [0.25, 0.3) is 0 Å². The predicted octanol–water partition coefficient (Wildman–Crippen LogP) is 0.754. The Labute approximate surface area is 81.9 Å². The van der Waals surface area contributed by atoms with Gasteiger partial charge in [-0.25, -0.2) is 0 Å². The third-order valence-corrected chi connectivity index (χ3v) is 2.05. The van der Waals surface area contributed by atoms with Gasteiger partial charge in [-0.15, -0.1) is 0 Å². The molecule has 0 aliphatic rings. The number of nitrogens with two attached hydrogens (primary N) is 1. The summed E-state index contributed by atoms with van der Waals surface area (Å²) < 4.78 is 4.98. The minimum atomic E-state index is -0.874. The Bertz CT molecular complexity index is 309. The quantitative estimate of drug-likeness (QED) is 0.728. The predicted molar refractivity (Wildman–Crippen MR) is 49.9 cm³/mol. The summed E-state index contributed by atoms with van der Waals surface area (Å²) >= 11 is 0. The van der Waals surface area contributed by atoms with Crippen molar-refractivity contribution in [3.8, 4) is 0 Å². The molecule has 0 spiro atoms. The van der Waals surface area contributed by atoms with E-state index in [0.29, 0.717) is 5.69 Å². The molecule has 1 heterocycles. The average molecular weight is 198 g/mol. The number of aliphatic carboxylic acids is 1. The highest BCUT2D eigenvalue weighted by Gasteiger charge is 2.17. The minimum Gasteiger partial charge on any atom is -0.481 e. The minimum absolute atomic E-state index is 0.00775. The van der Waals surface area contributed by atoms with Crippen LogP contribution >= 0.6 is 0 Å². The van der Waals surface area contributed by atoms with Crippen LogP contribution in [0.2, 0.25) is 0 Å². The highest BCUT2D eigenvalue weighted by Crippen LogP contribution is 2.18. The Kier molecular flexibility index (Phi) is 3.64. The van der Waals surface area contributed by atoms with Crippen LogP contribution < -0.4 is 5.73 Å². The molecule has 0 saturated heterocycles. The van der Waals surface area contributed by atoms with Crippen LogP contribution in [0.1, 0.15) is 30.7 Å². The zero-order valence-electron chi connectivity index (χ0n) is 8.06. The first-order valence-electron chi connectivity index (χ1n) is 4.54. The van der Waals surface area contributed by atoms with Gasteiger partial charge in [0, 0.05) is 24.9 Å². The van der Waals surface area contributed by atoms with Gasteiger partial charge in [0.2, 0.25) is 0 Å². The molecule has 0 aliphatic carbocycles. The summed E-state index contributed by atoms with van der Waals surface area (Å²) in [6.07, 6.45) is 0.740. The van der Waals surface area contributed by atoms with E-state index >= 15 is 0 Å². The molecule has 5 heteroatoms. The first kappa shape index (κ1) is 10.7. The van der Waals surface area contributed by atoms with E-state index in [1.54, 1.807) is 6.07 Å². The first-order valence-corrected chi connectivity index (χ1v) is 4.54. The fourth-order valence-electron chi connectivity index (χ4n) is 1.21. The molecule has 3 N–H and O–H groups in total. The lowest BCUT2D eigenvalue weighted by molar-refractivity contribution is -0.137. The molecule has 1 aromatic rings. The lowest BCUT2D eigenvalue weighted by Crippen LogP contribution is -2.16. The number of hydrogen-bond acceptors (Lipinski definition) is 4. The molecular weight excluding hydrogens is 184 g/mol. The maximum atomic E-state index is 10.5. The van der Waals surface area contributed by atoms with Gasteiger partial charge in [-0.3, -0.25) is 4.79 Å². The van der Waals surface area contributed by atoms with Crippen LogP contribution in [0.4, 0.5) is 0 Å². The maximum Gasteiger partial charge on any atom is 0.304 e. The number of nitrogens with zero attached hydrogens (tertiary/aromatic N) is 1. The highest BCUT2D eigenvalue weighted by molar-refractivity contribution is 5.67. The molecule has 0 bridgehead atoms. The number of aryl methyl sites for hydroxylation is 1. The Morgan fingerprint density at radius 2 is 2.50 bits per heavy atom. The zero-order chi connectivity index (χ0) is 10.6. The molecule has 78 valence electrons. The van der Waals surface area contributed by atoms with Crippen molar-refractivity contribution in [2.75, 3.05) is 6.54 Å². The van der Waals surface area contributed by atoms with Gasteiger partial charge < -0.3 is 15.4 Å². The number of carboxylic acids is 1. The van der Waals surface area contributed by atoms with E-state index in [4.69, 9.17) is 15.4 Å². The Morgan fingerprint density at radius 3 is 2.93 bits per heavy atom. The fraction of sp³-hybridized carbons (Fsp3) is 0.556. The molecule has 0 aliphatic heterocycles. The van der Waals surface area contributed by atoms with Crippen molar-refractivity contribution in [2.24, 2.45) is 5.73 Å². The first-order chi connectivity index (χ1) is 6.67. The van der Waals surface area contributed by atoms with Crippen LogP contribution in [0.15, 0.2) is 10.6 Å². The van der Waals surface area contributed by atoms with Crippen molar-refractivity contribution in [3.05, 3.63) is 17.5 Å². The fourth-order valence-corrected chi connectivity index (χ4v) is 1.21. The number of carbonyl (C=O) groups is 1. The normalized spacial score (nSPS) is 12.7. The molecule has 5 nitrogen and oxygen atoms in total. The van der Waals surface area contributed by atoms with E-state index in [2.05, 4.69) is 5.16 Å². The van der Waals surface area contributed by atoms with Gasteiger partial charge in [-0.2, -0.15) is 0 Å². The lowest BCUT2D eigenvalue weighted by Gasteiger charge is -2.06. The molecule has 1 unspecified atom stereocenters. The second-order valence-electron chi connectivity index (χ2n) is 3.10. The largest absolute Gasteiger partial charge is 0.481 e. The van der Waals surface area contributed by atoms with E-state index in [1.165, 1.54) is 0 Å². The van der Waals surface area contributed by atoms with Gasteiger partial charge in [-0.1, -0.05) is 12.1 Å². The molecule has 0 amide bonds. The van der Waals surface area contributed by atoms with Crippen molar-refractivity contribution in [1.82, 2.24) is 5.16 Å². The molecular formula is C9H14N2O3. The molecule has 1 atom stereocenters. The van der Waals surface area contributed by atoms with Crippen molar-refractivity contribution < 1.29 is 14.4 Å². The summed E-state index contributed by atoms with van der Waals surface area (Å²) in [6.45, 7) is 2.21. The molecule has 14 heavy (non-hydrogen) atoms. The van der Waals surface area contributed by atoms with E-state index < -0.39 is 5.97 Å². The monoisotopic (exact) mass is 198 g/mol. The van der Waals surface area contributed by atoms with Crippen molar-refractivity contribution in [1.29, 1.82) is 0 Å². The van der Waals surface area contributed by atoms with Crippen molar-refractivity contribution in [2.45, 2.75) is 25.7 Å². The molecule has 0 fully saturated rings. The summed E-state index contributed by atoms with van der Waals surface area (Å²) in [5.41, 5.74) is 6.09. The van der Waals surface area contributed by atoms with Gasteiger partial charge in [0.1, 0.15) is 5.76 Å². The summed E-state index contributed by atoms with van der Waals surface area (Å²) in [7, 11) is 0. The number of carboxylic acid groups (broad SMARTS) is 1. The van der Waals surface area contributed by atoms with Gasteiger partial charge >= 0.3 is 5.97 Å². The summed E-state index contributed by atoms with van der Waals surface area (Å²) in [5.74, 6) is -0.373. The highest BCUT2D eigenvalue weighted by atomic mass is 16.5. The molecule has 1 aromatic heterocycles. The summed E-state index contributed by atoms with van der Waals surface area (Å²) in [4.78, 5) is 10.5. The van der Waals surface area contributed by atoms with Gasteiger partial charge in [-0.05, 0) is 0 Å². The number of rotatable bonds is 5. The van der Waals surface area contributed by atoms with E-state index in [9.17, 15) is 4.79 Å². The van der Waals surface area contributed by atoms with Crippen molar-refractivity contribution in [3.63, 3.8) is 0 Å². The van der Waals surface area contributed by atoms with Gasteiger partial charge in [0.25, 0.3) is 0 Å².